The summed E-state index contributed by atoms with van der Waals surface area (Å²) in [6.45, 7) is 2.69. The molecule has 0 amide bonds. The van der Waals surface area contributed by atoms with E-state index >= 15 is 0 Å². The van der Waals surface area contributed by atoms with E-state index < -0.39 is 0 Å². The maximum atomic E-state index is 9.03. The molecule has 0 bridgehead atoms. The van der Waals surface area contributed by atoms with Crippen molar-refractivity contribution >= 4 is 5.96 Å². The topological polar surface area (TPSA) is 47.9 Å². The van der Waals surface area contributed by atoms with E-state index in [2.05, 4.69) is 15.2 Å². The van der Waals surface area contributed by atoms with Gasteiger partial charge in [-0.25, -0.2) is 0 Å². The lowest BCUT2D eigenvalue weighted by Crippen LogP contribution is -2.35. The molecule has 86 valence electrons. The second-order valence-electron chi connectivity index (χ2n) is 3.96. The van der Waals surface area contributed by atoms with Crippen LogP contribution in [0.2, 0.25) is 0 Å². The maximum absolute atomic E-state index is 9.03. The fourth-order valence-corrected chi connectivity index (χ4v) is 1.74. The molecule has 0 radical (unpaired) electrons. The number of nitrogens with zero attached hydrogens (tertiary/aromatic N) is 2. The number of guanidine groups is 1. The fourth-order valence-electron chi connectivity index (χ4n) is 1.74. The molecule has 1 aliphatic rings. The first-order valence-electron chi connectivity index (χ1n) is 5.48. The number of rotatable bonds is 3. The van der Waals surface area contributed by atoms with Crippen LogP contribution in [-0.4, -0.2) is 36.1 Å². The number of benzene rings is 1. The van der Waals surface area contributed by atoms with Crippen LogP contribution >= 0.6 is 0 Å². The number of nitrogens with one attached hydrogen (secondary N) is 1. The summed E-state index contributed by atoms with van der Waals surface area (Å²) in [4.78, 5) is 6.46. The average Bonchev–Trinajstić information content (AvgIpc) is 2.72. The van der Waals surface area contributed by atoms with Gasteiger partial charge in [-0.1, -0.05) is 24.3 Å². The first-order valence-corrected chi connectivity index (χ1v) is 5.48. The third kappa shape index (κ3) is 2.52. The summed E-state index contributed by atoms with van der Waals surface area (Å²) in [6.07, 6.45) is 0. The molecular formula is C12H17N3O. The highest BCUT2D eigenvalue weighted by atomic mass is 16.3. The zero-order valence-electron chi connectivity index (χ0n) is 9.48. The van der Waals surface area contributed by atoms with Gasteiger partial charge in [-0.2, -0.15) is 0 Å². The van der Waals surface area contributed by atoms with E-state index in [4.69, 9.17) is 5.11 Å². The largest absolute Gasteiger partial charge is 0.392 e. The van der Waals surface area contributed by atoms with Gasteiger partial charge in [0.15, 0.2) is 5.96 Å². The van der Waals surface area contributed by atoms with Crippen molar-refractivity contribution in [3.05, 3.63) is 35.4 Å². The van der Waals surface area contributed by atoms with Crippen LogP contribution in [0.4, 0.5) is 0 Å². The lowest BCUT2D eigenvalue weighted by Gasteiger charge is -2.15. The summed E-state index contributed by atoms with van der Waals surface area (Å²) in [5, 5.41) is 12.3. The first-order chi connectivity index (χ1) is 7.79. The Balaban J connectivity index is 1.94. The molecular weight excluding hydrogens is 202 g/mol. The van der Waals surface area contributed by atoms with Gasteiger partial charge in [0.1, 0.15) is 0 Å². The van der Waals surface area contributed by atoms with Gasteiger partial charge in [-0.3, -0.25) is 4.99 Å². The quantitative estimate of drug-likeness (QED) is 0.781. The van der Waals surface area contributed by atoms with Crippen LogP contribution < -0.4 is 5.32 Å². The Morgan fingerprint density at radius 2 is 2.25 bits per heavy atom. The number of aliphatic imine (C=N–C) groups is 1. The molecule has 4 nitrogen and oxygen atoms in total. The van der Waals surface area contributed by atoms with Crippen molar-refractivity contribution in [1.82, 2.24) is 10.2 Å². The van der Waals surface area contributed by atoms with E-state index in [0.717, 1.165) is 36.7 Å². The van der Waals surface area contributed by atoms with Gasteiger partial charge in [-0.15, -0.1) is 0 Å². The van der Waals surface area contributed by atoms with E-state index in [1.165, 1.54) is 0 Å². The smallest absolute Gasteiger partial charge is 0.194 e. The van der Waals surface area contributed by atoms with E-state index in [-0.39, 0.29) is 6.61 Å². The lowest BCUT2D eigenvalue weighted by molar-refractivity contribution is 0.281. The molecule has 1 aromatic rings. The highest BCUT2D eigenvalue weighted by molar-refractivity contribution is 5.81. The molecule has 0 spiro atoms. The number of hydrogen-bond acceptors (Lipinski definition) is 4. The summed E-state index contributed by atoms with van der Waals surface area (Å²) in [5.41, 5.74) is 2.11. The molecule has 0 saturated carbocycles. The van der Waals surface area contributed by atoms with Crippen molar-refractivity contribution in [3.63, 3.8) is 0 Å². The minimum atomic E-state index is 0.0920. The van der Waals surface area contributed by atoms with Crippen molar-refractivity contribution in [2.24, 2.45) is 4.99 Å². The zero-order chi connectivity index (χ0) is 11.4. The van der Waals surface area contributed by atoms with Crippen molar-refractivity contribution in [3.8, 4) is 0 Å². The summed E-state index contributed by atoms with van der Waals surface area (Å²) in [6, 6.07) is 7.93. The van der Waals surface area contributed by atoms with Crippen LogP contribution in [-0.2, 0) is 13.2 Å². The predicted molar refractivity (Wildman–Crippen MR) is 64.1 cm³/mol. The van der Waals surface area contributed by atoms with Gasteiger partial charge in [0.05, 0.1) is 13.2 Å². The molecule has 0 atom stereocenters. The average molecular weight is 219 g/mol. The normalized spacial score (nSPS) is 15.1. The third-order valence-corrected chi connectivity index (χ3v) is 2.68. The zero-order valence-corrected chi connectivity index (χ0v) is 9.48. The van der Waals surface area contributed by atoms with Crippen LogP contribution in [0.1, 0.15) is 11.1 Å². The molecule has 1 heterocycles. The molecule has 1 aromatic carbocycles. The minimum absolute atomic E-state index is 0.0920. The second-order valence-corrected chi connectivity index (χ2v) is 3.96. The Labute approximate surface area is 95.6 Å². The number of aliphatic hydroxyl groups is 1. The van der Waals surface area contributed by atoms with Crippen LogP contribution in [0.15, 0.2) is 29.3 Å². The van der Waals surface area contributed by atoms with E-state index in [1.54, 1.807) is 0 Å². The first kappa shape index (κ1) is 11.0. The van der Waals surface area contributed by atoms with Crippen LogP contribution in [0.5, 0.6) is 0 Å². The summed E-state index contributed by atoms with van der Waals surface area (Å²) in [5.74, 6) is 0.953. The molecule has 0 unspecified atom stereocenters. The third-order valence-electron chi connectivity index (χ3n) is 2.68. The molecule has 0 saturated heterocycles. The standard InChI is InChI=1S/C12H17N3O/c1-15-6-5-13-12(15)14-8-10-3-2-4-11(7-10)9-16/h2-4,7,16H,5-6,8-9H2,1H3,(H,13,14). The van der Waals surface area contributed by atoms with E-state index in [1.807, 2.05) is 31.3 Å². The van der Waals surface area contributed by atoms with Gasteiger partial charge in [0, 0.05) is 20.1 Å². The Morgan fingerprint density at radius 1 is 1.44 bits per heavy atom. The van der Waals surface area contributed by atoms with Crippen molar-refractivity contribution in [1.29, 1.82) is 0 Å². The fraction of sp³-hybridized carbons (Fsp3) is 0.417. The Bertz CT molecular complexity index is 390. The van der Waals surface area contributed by atoms with Crippen molar-refractivity contribution in [2.45, 2.75) is 13.2 Å². The number of likely N-dealkylation sites (N-methyl/N-ethyl adjacent to an activating group) is 1. The van der Waals surface area contributed by atoms with Crippen molar-refractivity contribution < 1.29 is 5.11 Å². The Hall–Kier alpha value is -1.55. The van der Waals surface area contributed by atoms with Gasteiger partial charge in [0.2, 0.25) is 0 Å². The molecule has 0 fully saturated rings. The summed E-state index contributed by atoms with van der Waals surface area (Å²) < 4.78 is 0. The van der Waals surface area contributed by atoms with Gasteiger partial charge < -0.3 is 15.3 Å². The minimum Gasteiger partial charge on any atom is -0.392 e. The lowest BCUT2D eigenvalue weighted by atomic mass is 10.1. The molecule has 4 heteroatoms. The highest BCUT2D eigenvalue weighted by Crippen LogP contribution is 2.05. The molecule has 0 aliphatic carbocycles. The van der Waals surface area contributed by atoms with Gasteiger partial charge in [0.25, 0.3) is 0 Å². The molecule has 2 N–H and O–H groups in total. The molecule has 1 aliphatic heterocycles. The van der Waals surface area contributed by atoms with Gasteiger partial charge >= 0.3 is 0 Å². The van der Waals surface area contributed by atoms with E-state index in [0.29, 0.717) is 0 Å². The van der Waals surface area contributed by atoms with Crippen LogP contribution in [0.3, 0.4) is 0 Å². The maximum Gasteiger partial charge on any atom is 0.194 e. The van der Waals surface area contributed by atoms with Crippen molar-refractivity contribution in [2.75, 3.05) is 20.1 Å². The molecule has 0 aromatic heterocycles. The number of aliphatic hydroxyl groups excluding tert-OH is 1. The van der Waals surface area contributed by atoms with Crippen LogP contribution in [0, 0.1) is 0 Å². The summed E-state index contributed by atoms with van der Waals surface area (Å²) >= 11 is 0. The highest BCUT2D eigenvalue weighted by Gasteiger charge is 2.10. The Kier molecular flexibility index (Phi) is 3.41. The summed E-state index contributed by atoms with van der Waals surface area (Å²) in [7, 11) is 2.03. The molecule has 2 rings (SSSR count). The van der Waals surface area contributed by atoms with E-state index in [9.17, 15) is 0 Å². The Morgan fingerprint density at radius 3 is 2.94 bits per heavy atom. The van der Waals surface area contributed by atoms with Crippen LogP contribution in [0.25, 0.3) is 0 Å². The second kappa shape index (κ2) is 4.99. The number of hydrogen-bond donors (Lipinski definition) is 2. The predicted octanol–water partition coefficient (Wildman–Crippen LogP) is 0.570. The monoisotopic (exact) mass is 219 g/mol. The molecule has 16 heavy (non-hydrogen) atoms. The SMILES string of the molecule is CN1CCN=C1NCc1cccc(CO)c1. The van der Waals surface area contributed by atoms with Gasteiger partial charge in [-0.05, 0) is 11.1 Å².